The zero-order valence-electron chi connectivity index (χ0n) is 18.3. The second kappa shape index (κ2) is 9.35. The molecule has 4 rings (SSSR count). The Bertz CT molecular complexity index is 1020. The number of carbonyl (C=O) groups excluding carboxylic acids is 1. The second-order valence-corrected chi connectivity index (χ2v) is 7.97. The summed E-state index contributed by atoms with van der Waals surface area (Å²) in [5.74, 6) is 1.99. The number of rotatable bonds is 7. The number of hydrogen-bond donors (Lipinski definition) is 0. The van der Waals surface area contributed by atoms with Gasteiger partial charge in [0, 0.05) is 12.1 Å². The molecule has 1 saturated heterocycles. The fourth-order valence-electron chi connectivity index (χ4n) is 3.88. The number of hydrogen-bond acceptors (Lipinski definition) is 6. The van der Waals surface area contributed by atoms with E-state index in [1.165, 1.54) is 12.7 Å². The Morgan fingerprint density at radius 3 is 2.58 bits per heavy atom. The van der Waals surface area contributed by atoms with Gasteiger partial charge in [-0.3, -0.25) is 9.69 Å². The first-order valence-corrected chi connectivity index (χ1v) is 10.6. The molecule has 1 aromatic heterocycles. The third-order valence-electron chi connectivity index (χ3n) is 5.71. The predicted molar refractivity (Wildman–Crippen MR) is 118 cm³/mol. The van der Waals surface area contributed by atoms with E-state index in [1.54, 1.807) is 0 Å². The van der Waals surface area contributed by atoms with Gasteiger partial charge in [-0.15, -0.1) is 0 Å². The number of aryl methyl sites for hydroxylation is 2. The number of methoxy groups -OCH3 is 1. The van der Waals surface area contributed by atoms with Crippen LogP contribution in [0.25, 0.3) is 11.5 Å². The molecule has 0 amide bonds. The van der Waals surface area contributed by atoms with Crippen molar-refractivity contribution in [1.82, 2.24) is 9.88 Å². The first-order valence-electron chi connectivity index (χ1n) is 10.6. The molecular weight excluding hydrogens is 392 g/mol. The minimum absolute atomic E-state index is 0.140. The van der Waals surface area contributed by atoms with Gasteiger partial charge >= 0.3 is 5.97 Å². The Morgan fingerprint density at radius 2 is 1.87 bits per heavy atom. The summed E-state index contributed by atoms with van der Waals surface area (Å²) in [6.07, 6.45) is 1.87. The highest BCUT2D eigenvalue weighted by atomic mass is 16.5. The van der Waals surface area contributed by atoms with E-state index in [2.05, 4.69) is 16.8 Å². The number of benzene rings is 2. The van der Waals surface area contributed by atoms with Crippen molar-refractivity contribution in [3.05, 3.63) is 71.1 Å². The van der Waals surface area contributed by atoms with Crippen molar-refractivity contribution in [3.63, 3.8) is 0 Å². The van der Waals surface area contributed by atoms with Crippen LogP contribution in [0.3, 0.4) is 0 Å². The maximum Gasteiger partial charge on any atom is 0.323 e. The van der Waals surface area contributed by atoms with Crippen LogP contribution in [0.4, 0.5) is 0 Å². The molecule has 6 nitrogen and oxygen atoms in total. The largest absolute Gasteiger partial charge is 0.487 e. The maximum absolute atomic E-state index is 11.9. The minimum atomic E-state index is -0.148. The number of aromatic nitrogens is 1. The van der Waals surface area contributed by atoms with E-state index in [9.17, 15) is 4.79 Å². The van der Waals surface area contributed by atoms with Crippen LogP contribution >= 0.6 is 0 Å². The van der Waals surface area contributed by atoms with Gasteiger partial charge in [0.1, 0.15) is 29.9 Å². The summed E-state index contributed by atoms with van der Waals surface area (Å²) in [4.78, 5) is 18.7. The molecular formula is C25H28N2O4. The Labute approximate surface area is 182 Å². The van der Waals surface area contributed by atoms with Gasteiger partial charge in [0.25, 0.3) is 0 Å². The predicted octanol–water partition coefficient (Wildman–Crippen LogP) is 4.67. The van der Waals surface area contributed by atoms with Gasteiger partial charge < -0.3 is 13.9 Å². The zero-order chi connectivity index (χ0) is 21.8. The van der Waals surface area contributed by atoms with Crippen molar-refractivity contribution < 1.29 is 18.7 Å². The van der Waals surface area contributed by atoms with Crippen molar-refractivity contribution >= 4 is 5.97 Å². The summed E-state index contributed by atoms with van der Waals surface area (Å²) in [5, 5.41) is 0. The maximum atomic E-state index is 11.9. The molecule has 1 aliphatic rings. The standard InChI is InChI=1S/C25H28N2O4/c1-17-6-10-20(11-7-17)24-26-22(18(2)31-24)16-30-21-12-8-19(9-13-21)15-27-14-4-5-23(27)25(28)29-3/h6-13,23H,4-5,14-16H2,1-3H3. The smallest absolute Gasteiger partial charge is 0.323 e. The molecule has 0 spiro atoms. The molecule has 1 atom stereocenters. The Hall–Kier alpha value is -3.12. The highest BCUT2D eigenvalue weighted by Crippen LogP contribution is 2.25. The van der Waals surface area contributed by atoms with Gasteiger partial charge in [0.15, 0.2) is 0 Å². The van der Waals surface area contributed by atoms with E-state index in [4.69, 9.17) is 13.9 Å². The molecule has 0 bridgehead atoms. The van der Waals surface area contributed by atoms with Crippen LogP contribution in [0, 0.1) is 13.8 Å². The summed E-state index contributed by atoms with van der Waals surface area (Å²) < 4.78 is 16.7. The Morgan fingerprint density at radius 1 is 1.13 bits per heavy atom. The lowest BCUT2D eigenvalue weighted by Crippen LogP contribution is -2.36. The van der Waals surface area contributed by atoms with Crippen LogP contribution in [-0.2, 0) is 22.7 Å². The zero-order valence-corrected chi connectivity index (χ0v) is 18.3. The SMILES string of the molecule is COC(=O)C1CCCN1Cc1ccc(OCc2nc(-c3ccc(C)cc3)oc2C)cc1. The Kier molecular flexibility index (Phi) is 6.37. The first-order chi connectivity index (χ1) is 15.0. The topological polar surface area (TPSA) is 64.8 Å². The molecule has 0 N–H and O–H groups in total. The fraction of sp³-hybridized carbons (Fsp3) is 0.360. The van der Waals surface area contributed by atoms with Crippen LogP contribution < -0.4 is 4.74 Å². The van der Waals surface area contributed by atoms with Crippen LogP contribution in [0.5, 0.6) is 5.75 Å². The van der Waals surface area contributed by atoms with Crippen LogP contribution in [0.2, 0.25) is 0 Å². The molecule has 6 heteroatoms. The number of esters is 1. The van der Waals surface area contributed by atoms with Gasteiger partial charge in [-0.25, -0.2) is 4.98 Å². The van der Waals surface area contributed by atoms with E-state index in [1.807, 2.05) is 55.5 Å². The van der Waals surface area contributed by atoms with Crippen molar-refractivity contribution in [3.8, 4) is 17.2 Å². The van der Waals surface area contributed by atoms with Crippen molar-refractivity contribution in [2.24, 2.45) is 0 Å². The summed E-state index contributed by atoms with van der Waals surface area (Å²) in [6.45, 7) is 5.93. The number of likely N-dealkylation sites (tertiary alicyclic amines) is 1. The third-order valence-corrected chi connectivity index (χ3v) is 5.71. The minimum Gasteiger partial charge on any atom is -0.487 e. The van der Waals surface area contributed by atoms with E-state index >= 15 is 0 Å². The number of carbonyl (C=O) groups is 1. The average Bonchev–Trinajstić information content (AvgIpc) is 3.39. The lowest BCUT2D eigenvalue weighted by molar-refractivity contribution is -0.146. The summed E-state index contributed by atoms with van der Waals surface area (Å²) in [5.41, 5.74) is 4.08. The number of nitrogens with zero attached hydrogens (tertiary/aromatic N) is 2. The molecule has 0 radical (unpaired) electrons. The molecule has 1 aliphatic heterocycles. The summed E-state index contributed by atoms with van der Waals surface area (Å²) >= 11 is 0. The monoisotopic (exact) mass is 420 g/mol. The third kappa shape index (κ3) is 4.97. The molecule has 162 valence electrons. The van der Waals surface area contributed by atoms with Gasteiger partial charge in [-0.2, -0.15) is 0 Å². The molecule has 1 fully saturated rings. The molecule has 3 aromatic rings. The number of ether oxygens (including phenoxy) is 2. The van der Waals surface area contributed by atoms with Crippen molar-refractivity contribution in [2.75, 3.05) is 13.7 Å². The van der Waals surface area contributed by atoms with E-state index in [0.29, 0.717) is 12.5 Å². The highest BCUT2D eigenvalue weighted by molar-refractivity contribution is 5.76. The molecule has 0 saturated carbocycles. The molecule has 2 aromatic carbocycles. The lowest BCUT2D eigenvalue weighted by atomic mass is 10.1. The lowest BCUT2D eigenvalue weighted by Gasteiger charge is -2.22. The van der Waals surface area contributed by atoms with E-state index < -0.39 is 0 Å². The molecule has 31 heavy (non-hydrogen) atoms. The first kappa shape index (κ1) is 21.1. The van der Waals surface area contributed by atoms with Crippen molar-refractivity contribution in [2.45, 2.75) is 45.9 Å². The van der Waals surface area contributed by atoms with E-state index in [0.717, 1.165) is 54.3 Å². The molecule has 2 heterocycles. The van der Waals surface area contributed by atoms with Crippen LogP contribution in [-0.4, -0.2) is 35.5 Å². The van der Waals surface area contributed by atoms with Gasteiger partial charge in [-0.05, 0) is 63.1 Å². The second-order valence-electron chi connectivity index (χ2n) is 7.97. The van der Waals surface area contributed by atoms with Crippen LogP contribution in [0.15, 0.2) is 52.9 Å². The highest BCUT2D eigenvalue weighted by Gasteiger charge is 2.31. The Balaban J connectivity index is 1.36. The quantitative estimate of drug-likeness (QED) is 0.518. The average molecular weight is 421 g/mol. The summed E-state index contributed by atoms with van der Waals surface area (Å²) in [6, 6.07) is 15.9. The van der Waals surface area contributed by atoms with Gasteiger partial charge in [0.2, 0.25) is 5.89 Å². The van der Waals surface area contributed by atoms with Crippen LogP contribution in [0.1, 0.15) is 35.4 Å². The fourth-order valence-corrected chi connectivity index (χ4v) is 3.88. The summed E-state index contributed by atoms with van der Waals surface area (Å²) in [7, 11) is 1.45. The van der Waals surface area contributed by atoms with E-state index in [-0.39, 0.29) is 12.0 Å². The van der Waals surface area contributed by atoms with Crippen molar-refractivity contribution in [1.29, 1.82) is 0 Å². The van der Waals surface area contributed by atoms with Gasteiger partial charge in [0.05, 0.1) is 7.11 Å². The molecule has 1 unspecified atom stereocenters. The van der Waals surface area contributed by atoms with Gasteiger partial charge in [-0.1, -0.05) is 29.8 Å². The number of oxazole rings is 1. The normalized spacial score (nSPS) is 16.4. The molecule has 0 aliphatic carbocycles.